The molecule has 2 rings (SSSR count). The van der Waals surface area contributed by atoms with Crippen LogP contribution in [0.5, 0.6) is 5.75 Å². The molecular weight excluding hydrogens is 266 g/mol. The van der Waals surface area contributed by atoms with E-state index in [-0.39, 0.29) is 6.61 Å². The first-order chi connectivity index (χ1) is 10.3. The van der Waals surface area contributed by atoms with Gasteiger partial charge in [-0.05, 0) is 24.4 Å². The fourth-order valence-corrected chi connectivity index (χ4v) is 2.18. The molecule has 2 aromatic rings. The van der Waals surface area contributed by atoms with E-state index in [9.17, 15) is 5.11 Å². The van der Waals surface area contributed by atoms with Crippen molar-refractivity contribution in [3.8, 4) is 5.75 Å². The zero-order valence-electron chi connectivity index (χ0n) is 12.4. The molecule has 0 aliphatic heterocycles. The summed E-state index contributed by atoms with van der Waals surface area (Å²) in [6.45, 7) is 2.37. The maximum absolute atomic E-state index is 9.92. The minimum absolute atomic E-state index is 0.283. The second kappa shape index (κ2) is 8.62. The molecule has 114 valence electrons. The Morgan fingerprint density at radius 2 is 1.95 bits per heavy atom. The van der Waals surface area contributed by atoms with Crippen LogP contribution in [-0.2, 0) is 4.74 Å². The Morgan fingerprint density at radius 1 is 1.14 bits per heavy atom. The molecule has 21 heavy (non-hydrogen) atoms. The third kappa shape index (κ3) is 5.01. The molecule has 0 heterocycles. The smallest absolute Gasteiger partial charge is 0.127 e. The number of aliphatic hydroxyl groups is 1. The van der Waals surface area contributed by atoms with E-state index in [1.54, 1.807) is 7.11 Å². The monoisotopic (exact) mass is 289 g/mol. The average molecular weight is 289 g/mol. The molecule has 4 heteroatoms. The van der Waals surface area contributed by atoms with Crippen LogP contribution in [0.4, 0.5) is 0 Å². The second-order valence-electron chi connectivity index (χ2n) is 4.99. The predicted molar refractivity (Wildman–Crippen MR) is 84.8 cm³/mol. The van der Waals surface area contributed by atoms with Crippen LogP contribution >= 0.6 is 0 Å². The summed E-state index contributed by atoms with van der Waals surface area (Å²) in [4.78, 5) is 0. The van der Waals surface area contributed by atoms with Gasteiger partial charge in [0.05, 0.1) is 0 Å². The van der Waals surface area contributed by atoms with Crippen LogP contribution in [0.1, 0.15) is 6.42 Å². The number of benzene rings is 2. The summed E-state index contributed by atoms with van der Waals surface area (Å²) in [5.74, 6) is 0.812. The number of ether oxygens (including phenoxy) is 2. The molecule has 0 spiro atoms. The molecule has 0 aromatic heterocycles. The minimum Gasteiger partial charge on any atom is -0.490 e. The molecule has 4 nitrogen and oxygen atoms in total. The van der Waals surface area contributed by atoms with Gasteiger partial charge in [0.1, 0.15) is 18.5 Å². The van der Waals surface area contributed by atoms with Gasteiger partial charge in [-0.3, -0.25) is 0 Å². The lowest BCUT2D eigenvalue weighted by Crippen LogP contribution is -2.32. The molecule has 0 radical (unpaired) electrons. The van der Waals surface area contributed by atoms with Gasteiger partial charge in [-0.15, -0.1) is 0 Å². The fourth-order valence-electron chi connectivity index (χ4n) is 2.18. The standard InChI is InChI=1S/C17H23NO3/c1-20-11-5-10-18-12-15(19)13-21-17-9-4-7-14-6-2-3-8-16(14)17/h2-4,6-9,15,18-19H,5,10-13H2,1H3. The van der Waals surface area contributed by atoms with Crippen molar-refractivity contribution in [2.24, 2.45) is 0 Å². The topological polar surface area (TPSA) is 50.7 Å². The number of nitrogens with one attached hydrogen (secondary N) is 1. The van der Waals surface area contributed by atoms with Crippen LogP contribution in [0.2, 0.25) is 0 Å². The second-order valence-corrected chi connectivity index (χ2v) is 4.99. The van der Waals surface area contributed by atoms with Gasteiger partial charge in [0.2, 0.25) is 0 Å². The van der Waals surface area contributed by atoms with E-state index in [1.807, 2.05) is 30.3 Å². The van der Waals surface area contributed by atoms with Crippen molar-refractivity contribution in [3.63, 3.8) is 0 Å². The third-order valence-corrected chi connectivity index (χ3v) is 3.26. The summed E-state index contributed by atoms with van der Waals surface area (Å²) < 4.78 is 10.7. The number of methoxy groups -OCH3 is 1. The van der Waals surface area contributed by atoms with E-state index >= 15 is 0 Å². The Bertz CT molecular complexity index is 539. The molecule has 1 atom stereocenters. The van der Waals surface area contributed by atoms with Crippen molar-refractivity contribution in [1.29, 1.82) is 0 Å². The molecular formula is C17H23NO3. The first-order valence-electron chi connectivity index (χ1n) is 7.29. The number of rotatable bonds is 9. The highest BCUT2D eigenvalue weighted by Gasteiger charge is 2.06. The van der Waals surface area contributed by atoms with Crippen LogP contribution < -0.4 is 10.1 Å². The molecule has 0 saturated carbocycles. The van der Waals surface area contributed by atoms with Gasteiger partial charge in [-0.2, -0.15) is 0 Å². The third-order valence-electron chi connectivity index (χ3n) is 3.26. The van der Waals surface area contributed by atoms with Crippen molar-refractivity contribution in [3.05, 3.63) is 42.5 Å². The van der Waals surface area contributed by atoms with Crippen molar-refractivity contribution < 1.29 is 14.6 Å². The van der Waals surface area contributed by atoms with Crippen LogP contribution in [0, 0.1) is 0 Å². The highest BCUT2D eigenvalue weighted by Crippen LogP contribution is 2.25. The van der Waals surface area contributed by atoms with Crippen LogP contribution in [0.15, 0.2) is 42.5 Å². The van der Waals surface area contributed by atoms with E-state index in [0.717, 1.165) is 36.1 Å². The number of fused-ring (bicyclic) bond motifs is 1. The lowest BCUT2D eigenvalue weighted by Gasteiger charge is -2.14. The maximum atomic E-state index is 9.92. The van der Waals surface area contributed by atoms with E-state index in [1.165, 1.54) is 0 Å². The molecule has 1 unspecified atom stereocenters. The largest absolute Gasteiger partial charge is 0.490 e. The molecule has 0 fully saturated rings. The Labute approximate surface area is 125 Å². The molecule has 0 bridgehead atoms. The predicted octanol–water partition coefficient (Wildman–Crippen LogP) is 2.21. The SMILES string of the molecule is COCCCNCC(O)COc1cccc2ccccc12. The Balaban J connectivity index is 1.79. The highest BCUT2D eigenvalue weighted by atomic mass is 16.5. The molecule has 2 aromatic carbocycles. The zero-order chi connectivity index (χ0) is 14.9. The van der Waals surface area contributed by atoms with E-state index in [2.05, 4.69) is 17.4 Å². The maximum Gasteiger partial charge on any atom is 0.127 e. The fraction of sp³-hybridized carbons (Fsp3) is 0.412. The number of hydrogen-bond acceptors (Lipinski definition) is 4. The highest BCUT2D eigenvalue weighted by molar-refractivity contribution is 5.88. The first kappa shape index (κ1) is 15.8. The van der Waals surface area contributed by atoms with Gasteiger partial charge >= 0.3 is 0 Å². The zero-order valence-corrected chi connectivity index (χ0v) is 12.4. The van der Waals surface area contributed by atoms with Gasteiger partial charge in [-0.25, -0.2) is 0 Å². The van der Waals surface area contributed by atoms with Crippen molar-refractivity contribution in [2.45, 2.75) is 12.5 Å². The van der Waals surface area contributed by atoms with Crippen molar-refractivity contribution in [1.82, 2.24) is 5.32 Å². The van der Waals surface area contributed by atoms with Gasteiger partial charge in [0.15, 0.2) is 0 Å². The quantitative estimate of drug-likeness (QED) is 0.695. The summed E-state index contributed by atoms with van der Waals surface area (Å²) in [6, 6.07) is 14.0. The van der Waals surface area contributed by atoms with Gasteiger partial charge in [0, 0.05) is 25.6 Å². The Kier molecular flexibility index (Phi) is 6.47. The van der Waals surface area contributed by atoms with Gasteiger partial charge in [0.25, 0.3) is 0 Å². The van der Waals surface area contributed by atoms with Crippen LogP contribution in [-0.4, -0.2) is 44.6 Å². The summed E-state index contributed by atoms with van der Waals surface area (Å²) in [5.41, 5.74) is 0. The molecule has 0 aliphatic rings. The molecule has 0 saturated heterocycles. The van der Waals surface area contributed by atoms with Crippen LogP contribution in [0.3, 0.4) is 0 Å². The normalized spacial score (nSPS) is 12.5. The number of aliphatic hydroxyl groups excluding tert-OH is 1. The van der Waals surface area contributed by atoms with Gasteiger partial charge in [-0.1, -0.05) is 36.4 Å². The molecule has 0 aliphatic carbocycles. The lowest BCUT2D eigenvalue weighted by atomic mass is 10.1. The van der Waals surface area contributed by atoms with E-state index in [0.29, 0.717) is 6.54 Å². The first-order valence-corrected chi connectivity index (χ1v) is 7.29. The minimum atomic E-state index is -0.522. The summed E-state index contributed by atoms with van der Waals surface area (Å²) in [7, 11) is 1.69. The summed E-state index contributed by atoms with van der Waals surface area (Å²) in [6.07, 6.45) is 0.416. The van der Waals surface area contributed by atoms with Crippen LogP contribution in [0.25, 0.3) is 10.8 Å². The van der Waals surface area contributed by atoms with Crippen molar-refractivity contribution >= 4 is 10.8 Å². The molecule has 0 amide bonds. The molecule has 2 N–H and O–H groups in total. The Hall–Kier alpha value is -1.62. The van der Waals surface area contributed by atoms with Gasteiger partial charge < -0.3 is 19.9 Å². The summed E-state index contributed by atoms with van der Waals surface area (Å²) >= 11 is 0. The van der Waals surface area contributed by atoms with Crippen molar-refractivity contribution in [2.75, 3.05) is 33.4 Å². The summed E-state index contributed by atoms with van der Waals surface area (Å²) in [5, 5.41) is 15.3. The van der Waals surface area contributed by atoms with E-state index < -0.39 is 6.10 Å². The van der Waals surface area contributed by atoms with E-state index in [4.69, 9.17) is 9.47 Å². The number of hydrogen-bond donors (Lipinski definition) is 2. The Morgan fingerprint density at radius 3 is 2.81 bits per heavy atom. The average Bonchev–Trinajstić information content (AvgIpc) is 2.52. The lowest BCUT2D eigenvalue weighted by molar-refractivity contribution is 0.106.